The van der Waals surface area contributed by atoms with Crippen LogP contribution in [0.4, 0.5) is 15.8 Å². The Hall–Kier alpha value is -2.19. The molecule has 2 aromatic rings. The van der Waals surface area contributed by atoms with Crippen molar-refractivity contribution in [2.24, 2.45) is 0 Å². The Kier molecular flexibility index (Phi) is 5.27. The van der Waals surface area contributed by atoms with E-state index < -0.39 is 0 Å². The number of piperazine rings is 1. The molecule has 1 saturated heterocycles. The van der Waals surface area contributed by atoms with Crippen molar-refractivity contribution >= 4 is 27.2 Å². The van der Waals surface area contributed by atoms with Gasteiger partial charge in [0.05, 0.1) is 4.92 Å². The maximum atomic E-state index is 10.9. The Morgan fingerprint density at radius 1 is 1.07 bits per heavy atom. The van der Waals surface area contributed by atoms with Crippen LogP contribution in [0, 0.1) is 10.1 Å². The normalized spacial score (nSPS) is 19.3. The van der Waals surface area contributed by atoms with Crippen molar-refractivity contribution < 1.29 is 4.92 Å². The molecule has 0 atom stereocenters. The highest BCUT2D eigenvalue weighted by Crippen LogP contribution is 2.38. The third kappa shape index (κ3) is 3.91. The van der Waals surface area contributed by atoms with Gasteiger partial charge >= 0.3 is 0 Å². The van der Waals surface area contributed by atoms with Crippen molar-refractivity contribution in [3.8, 4) is 11.3 Å². The summed E-state index contributed by atoms with van der Waals surface area (Å²) in [5.41, 5.74) is 7.80. The van der Waals surface area contributed by atoms with Crippen LogP contribution in [0.3, 0.4) is 0 Å². The lowest BCUT2D eigenvalue weighted by Gasteiger charge is -2.41. The molecular formula is C19H25N5O2S. The lowest BCUT2D eigenvalue weighted by atomic mass is 9.94. The molecule has 2 N–H and O–H groups in total. The van der Waals surface area contributed by atoms with E-state index in [2.05, 4.69) is 14.8 Å². The zero-order valence-corrected chi connectivity index (χ0v) is 16.2. The number of nitrogens with two attached hydrogens (primary N) is 1. The first-order chi connectivity index (χ1) is 13.1. The summed E-state index contributed by atoms with van der Waals surface area (Å²) in [4.78, 5) is 20.0. The second-order valence-corrected chi connectivity index (χ2v) is 8.33. The van der Waals surface area contributed by atoms with Gasteiger partial charge in [-0.05, 0) is 25.0 Å². The van der Waals surface area contributed by atoms with Gasteiger partial charge < -0.3 is 10.6 Å². The van der Waals surface area contributed by atoms with Crippen LogP contribution >= 0.6 is 11.3 Å². The predicted molar refractivity (Wildman–Crippen MR) is 109 cm³/mol. The van der Waals surface area contributed by atoms with Crippen molar-refractivity contribution in [2.75, 3.05) is 36.8 Å². The maximum absolute atomic E-state index is 10.9. The molecular weight excluding hydrogens is 362 g/mol. The van der Waals surface area contributed by atoms with Crippen molar-refractivity contribution in [1.29, 1.82) is 0 Å². The van der Waals surface area contributed by atoms with Crippen LogP contribution in [0.25, 0.3) is 11.3 Å². The molecule has 0 radical (unpaired) electrons. The molecule has 1 saturated carbocycles. The fourth-order valence-electron chi connectivity index (χ4n) is 4.21. The molecule has 0 unspecified atom stereocenters. The van der Waals surface area contributed by atoms with Gasteiger partial charge in [0.1, 0.15) is 10.7 Å². The molecule has 144 valence electrons. The Bertz CT molecular complexity index is 793. The van der Waals surface area contributed by atoms with Crippen LogP contribution in [0.2, 0.25) is 0 Å². The molecule has 4 rings (SSSR count). The van der Waals surface area contributed by atoms with E-state index in [1.54, 1.807) is 12.1 Å². The van der Waals surface area contributed by atoms with E-state index in [0.29, 0.717) is 5.13 Å². The smallest absolute Gasteiger partial charge is 0.269 e. The van der Waals surface area contributed by atoms with E-state index in [0.717, 1.165) is 48.5 Å². The number of non-ortho nitro benzene ring substituents is 1. The Morgan fingerprint density at radius 3 is 2.37 bits per heavy atom. The number of benzene rings is 1. The number of hydrogen-bond acceptors (Lipinski definition) is 7. The van der Waals surface area contributed by atoms with E-state index in [9.17, 15) is 10.1 Å². The van der Waals surface area contributed by atoms with Crippen LogP contribution in [0.1, 0.15) is 32.1 Å². The minimum atomic E-state index is -0.384. The van der Waals surface area contributed by atoms with Crippen molar-refractivity contribution in [1.82, 2.24) is 9.88 Å². The van der Waals surface area contributed by atoms with Gasteiger partial charge in [-0.1, -0.05) is 30.6 Å². The second kappa shape index (κ2) is 7.82. The first-order valence-electron chi connectivity index (χ1n) is 9.62. The van der Waals surface area contributed by atoms with Gasteiger partial charge in [0.2, 0.25) is 0 Å². The summed E-state index contributed by atoms with van der Waals surface area (Å²) in [5, 5.41) is 12.5. The van der Waals surface area contributed by atoms with Crippen LogP contribution in [-0.2, 0) is 0 Å². The summed E-state index contributed by atoms with van der Waals surface area (Å²) in [6.07, 6.45) is 6.78. The molecule has 27 heavy (non-hydrogen) atoms. The quantitative estimate of drug-likeness (QED) is 0.635. The maximum Gasteiger partial charge on any atom is 0.269 e. The Morgan fingerprint density at radius 2 is 1.74 bits per heavy atom. The first kappa shape index (κ1) is 18.2. The second-order valence-electron chi connectivity index (χ2n) is 7.32. The third-order valence-corrected chi connectivity index (χ3v) is 6.62. The molecule has 0 bridgehead atoms. The number of aromatic nitrogens is 1. The molecule has 2 fully saturated rings. The fraction of sp³-hybridized carbons (Fsp3) is 0.526. The number of anilines is 2. The number of nitro groups is 1. The van der Waals surface area contributed by atoms with E-state index in [4.69, 9.17) is 5.73 Å². The van der Waals surface area contributed by atoms with Gasteiger partial charge in [0.25, 0.3) is 5.69 Å². The molecule has 1 aromatic carbocycles. The van der Waals surface area contributed by atoms with Crippen molar-refractivity contribution in [2.45, 2.75) is 38.1 Å². The molecule has 2 aliphatic rings. The number of nitro benzene ring substituents is 1. The Labute approximate surface area is 162 Å². The van der Waals surface area contributed by atoms with E-state index >= 15 is 0 Å². The first-order valence-corrected chi connectivity index (χ1v) is 10.4. The molecule has 8 heteroatoms. The van der Waals surface area contributed by atoms with E-state index in [1.165, 1.54) is 55.6 Å². The van der Waals surface area contributed by atoms with Crippen molar-refractivity contribution in [3.63, 3.8) is 0 Å². The lowest BCUT2D eigenvalue weighted by Crippen LogP contribution is -2.50. The van der Waals surface area contributed by atoms with Gasteiger partial charge in [-0.2, -0.15) is 0 Å². The number of nitrogens with zero attached hydrogens (tertiary/aromatic N) is 4. The summed E-state index contributed by atoms with van der Waals surface area (Å²) in [5.74, 6) is 0. The Balaban J connectivity index is 1.49. The topological polar surface area (TPSA) is 88.5 Å². The summed E-state index contributed by atoms with van der Waals surface area (Å²) in [6, 6.07) is 7.32. The average molecular weight is 388 g/mol. The minimum Gasteiger partial charge on any atom is -0.375 e. The molecule has 0 spiro atoms. The lowest BCUT2D eigenvalue weighted by molar-refractivity contribution is -0.384. The summed E-state index contributed by atoms with van der Waals surface area (Å²) < 4.78 is 0. The zero-order chi connectivity index (χ0) is 18.8. The summed E-state index contributed by atoms with van der Waals surface area (Å²) in [6.45, 7) is 4.08. The zero-order valence-electron chi connectivity index (χ0n) is 15.3. The summed E-state index contributed by atoms with van der Waals surface area (Å²) >= 11 is 1.50. The fourth-order valence-corrected chi connectivity index (χ4v) is 5.11. The SMILES string of the molecule is Nc1nc(-c2ccc([N+](=O)[O-])cc2)c(N2CCN(C3CCCCC3)CC2)s1. The van der Waals surface area contributed by atoms with Crippen LogP contribution in [0.5, 0.6) is 0 Å². The van der Waals surface area contributed by atoms with Crippen LogP contribution in [0.15, 0.2) is 24.3 Å². The molecule has 0 amide bonds. The highest BCUT2D eigenvalue weighted by Gasteiger charge is 2.27. The average Bonchev–Trinajstić information content (AvgIpc) is 3.10. The number of rotatable bonds is 4. The van der Waals surface area contributed by atoms with Crippen LogP contribution in [-0.4, -0.2) is 47.0 Å². The molecule has 1 aliphatic heterocycles. The summed E-state index contributed by atoms with van der Waals surface area (Å²) in [7, 11) is 0. The predicted octanol–water partition coefficient (Wildman–Crippen LogP) is 3.76. The number of thiazole rings is 1. The minimum absolute atomic E-state index is 0.0876. The number of nitrogen functional groups attached to an aromatic ring is 1. The van der Waals surface area contributed by atoms with Crippen molar-refractivity contribution in [3.05, 3.63) is 34.4 Å². The van der Waals surface area contributed by atoms with E-state index in [-0.39, 0.29) is 10.6 Å². The number of hydrogen-bond donors (Lipinski definition) is 1. The van der Waals surface area contributed by atoms with Gasteiger partial charge in [-0.25, -0.2) is 4.98 Å². The monoisotopic (exact) mass is 387 g/mol. The van der Waals surface area contributed by atoms with E-state index in [1.807, 2.05) is 0 Å². The van der Waals surface area contributed by atoms with Gasteiger partial charge in [-0.3, -0.25) is 15.0 Å². The van der Waals surface area contributed by atoms with Gasteiger partial charge in [0, 0.05) is 49.9 Å². The largest absolute Gasteiger partial charge is 0.375 e. The van der Waals surface area contributed by atoms with Crippen LogP contribution < -0.4 is 10.6 Å². The molecule has 1 aliphatic carbocycles. The highest BCUT2D eigenvalue weighted by molar-refractivity contribution is 7.19. The molecule has 7 nitrogen and oxygen atoms in total. The molecule has 2 heterocycles. The highest BCUT2D eigenvalue weighted by atomic mass is 32.1. The third-order valence-electron chi connectivity index (χ3n) is 5.67. The standard InChI is InChI=1S/C19H25N5O2S/c20-19-21-17(14-6-8-16(9-7-14)24(25)26)18(27-19)23-12-10-22(11-13-23)15-4-2-1-3-5-15/h6-9,15H,1-5,10-13H2,(H2,20,21). The van der Waals surface area contributed by atoms with Gasteiger partial charge in [-0.15, -0.1) is 0 Å². The molecule has 1 aromatic heterocycles. The van der Waals surface area contributed by atoms with Gasteiger partial charge in [0.15, 0.2) is 5.13 Å².